The molecule has 0 spiro atoms. The Morgan fingerprint density at radius 2 is 1.88 bits per heavy atom. The monoisotopic (exact) mass is 456 g/mol. The van der Waals surface area contributed by atoms with E-state index in [2.05, 4.69) is 10.6 Å². The SMILES string of the molecule is CCNC(CC(=O)C(=O)c1ccc(F)c(F)c1)(C(=O)O)C1c2ccccc2N[C@@H]2CCC[C@H]12. The van der Waals surface area contributed by atoms with Crippen LogP contribution in [0.2, 0.25) is 0 Å². The molecule has 8 heteroatoms. The summed E-state index contributed by atoms with van der Waals surface area (Å²) in [6.45, 7) is 2.01. The van der Waals surface area contributed by atoms with Crippen molar-refractivity contribution in [1.29, 1.82) is 0 Å². The largest absolute Gasteiger partial charge is 0.480 e. The van der Waals surface area contributed by atoms with E-state index in [9.17, 15) is 28.3 Å². The van der Waals surface area contributed by atoms with Crippen molar-refractivity contribution in [1.82, 2.24) is 5.32 Å². The van der Waals surface area contributed by atoms with Gasteiger partial charge in [-0.3, -0.25) is 14.4 Å². The van der Waals surface area contributed by atoms with Crippen molar-refractivity contribution in [2.45, 2.75) is 50.1 Å². The van der Waals surface area contributed by atoms with Gasteiger partial charge >= 0.3 is 5.97 Å². The number of para-hydroxylation sites is 1. The fraction of sp³-hybridized carbons (Fsp3) is 0.400. The lowest BCUT2D eigenvalue weighted by molar-refractivity contribution is -0.149. The second-order valence-electron chi connectivity index (χ2n) is 8.78. The van der Waals surface area contributed by atoms with Gasteiger partial charge in [-0.1, -0.05) is 31.5 Å². The lowest BCUT2D eigenvalue weighted by atomic mass is 9.65. The average Bonchev–Trinajstić information content (AvgIpc) is 3.26. The number of fused-ring (bicyclic) bond motifs is 2. The van der Waals surface area contributed by atoms with E-state index in [1.807, 2.05) is 24.3 Å². The first kappa shape index (κ1) is 23.0. The normalized spacial score (nSPS) is 23.1. The van der Waals surface area contributed by atoms with Crippen molar-refractivity contribution >= 4 is 23.2 Å². The van der Waals surface area contributed by atoms with Crippen molar-refractivity contribution in [2.75, 3.05) is 11.9 Å². The number of benzene rings is 2. The molecule has 1 aliphatic heterocycles. The highest BCUT2D eigenvalue weighted by molar-refractivity contribution is 6.44. The number of ketones is 2. The number of anilines is 1. The fourth-order valence-corrected chi connectivity index (χ4v) is 5.54. The molecule has 2 aromatic rings. The lowest BCUT2D eigenvalue weighted by Gasteiger charge is -2.46. The van der Waals surface area contributed by atoms with Crippen LogP contribution in [0.1, 0.15) is 54.4 Å². The zero-order valence-corrected chi connectivity index (χ0v) is 18.2. The van der Waals surface area contributed by atoms with E-state index in [1.54, 1.807) is 6.92 Å². The maximum Gasteiger partial charge on any atom is 0.325 e. The van der Waals surface area contributed by atoms with Crippen LogP contribution in [-0.2, 0) is 9.59 Å². The van der Waals surface area contributed by atoms with Crippen molar-refractivity contribution in [3.05, 3.63) is 65.2 Å². The van der Waals surface area contributed by atoms with Crippen molar-refractivity contribution in [3.8, 4) is 0 Å². The van der Waals surface area contributed by atoms with E-state index in [1.165, 1.54) is 0 Å². The van der Waals surface area contributed by atoms with Crippen LogP contribution in [0, 0.1) is 17.6 Å². The molecule has 1 saturated carbocycles. The fourth-order valence-electron chi connectivity index (χ4n) is 5.54. The Hall–Kier alpha value is -3.13. The molecule has 1 heterocycles. The molecule has 0 aromatic heterocycles. The van der Waals surface area contributed by atoms with Gasteiger partial charge in [0.2, 0.25) is 11.6 Å². The van der Waals surface area contributed by atoms with Gasteiger partial charge in [0.05, 0.1) is 0 Å². The van der Waals surface area contributed by atoms with Gasteiger partial charge in [-0.05, 0) is 55.1 Å². The third-order valence-corrected chi connectivity index (χ3v) is 6.91. The van der Waals surface area contributed by atoms with Crippen LogP contribution in [-0.4, -0.2) is 40.8 Å². The number of aliphatic carboxylic acids is 1. The van der Waals surface area contributed by atoms with Crippen LogP contribution in [0.3, 0.4) is 0 Å². The maximum atomic E-state index is 13.6. The molecule has 6 nitrogen and oxygen atoms in total. The van der Waals surface area contributed by atoms with Gasteiger partial charge in [0.15, 0.2) is 11.6 Å². The molecule has 2 unspecified atom stereocenters. The molecular formula is C25H26F2N2O4. The molecule has 174 valence electrons. The van der Waals surface area contributed by atoms with Crippen molar-refractivity contribution in [3.63, 3.8) is 0 Å². The van der Waals surface area contributed by atoms with Crippen molar-refractivity contribution < 1.29 is 28.3 Å². The molecule has 1 fully saturated rings. The molecule has 4 atom stereocenters. The number of carboxylic acids is 1. The molecule has 3 N–H and O–H groups in total. The number of Topliss-reactive ketones (excluding diaryl/α,β-unsaturated/α-hetero) is 2. The summed E-state index contributed by atoms with van der Waals surface area (Å²) in [7, 11) is 0. The quantitative estimate of drug-likeness (QED) is 0.412. The zero-order chi connectivity index (χ0) is 23.8. The highest BCUT2D eigenvalue weighted by atomic mass is 19.2. The lowest BCUT2D eigenvalue weighted by Crippen LogP contribution is -2.61. The van der Waals surface area contributed by atoms with Crippen LogP contribution in [0.4, 0.5) is 14.5 Å². The predicted molar refractivity (Wildman–Crippen MR) is 118 cm³/mol. The number of halogens is 2. The summed E-state index contributed by atoms with van der Waals surface area (Å²) in [4.78, 5) is 38.7. The number of hydrogen-bond acceptors (Lipinski definition) is 5. The summed E-state index contributed by atoms with van der Waals surface area (Å²) in [5.74, 6) is -6.19. The minimum atomic E-state index is -1.73. The average molecular weight is 456 g/mol. The molecule has 0 amide bonds. The first-order chi connectivity index (χ1) is 15.8. The summed E-state index contributed by atoms with van der Waals surface area (Å²) < 4.78 is 26.9. The third-order valence-electron chi connectivity index (χ3n) is 6.91. The van der Waals surface area contributed by atoms with Crippen LogP contribution in [0.5, 0.6) is 0 Å². The molecular weight excluding hydrogens is 430 g/mol. The van der Waals surface area contributed by atoms with Crippen LogP contribution >= 0.6 is 0 Å². The number of likely N-dealkylation sites (N-methyl/N-ethyl adjacent to an activating group) is 1. The van der Waals surface area contributed by atoms with Crippen LogP contribution < -0.4 is 10.6 Å². The molecule has 33 heavy (non-hydrogen) atoms. The summed E-state index contributed by atoms with van der Waals surface area (Å²) in [6, 6.07) is 9.98. The number of carbonyl (C=O) groups excluding carboxylic acids is 2. The Morgan fingerprint density at radius 3 is 2.58 bits per heavy atom. The minimum Gasteiger partial charge on any atom is -0.480 e. The first-order valence-electron chi connectivity index (χ1n) is 11.1. The molecule has 2 aliphatic rings. The number of carbonyl (C=O) groups is 3. The Labute approximate surface area is 190 Å². The molecule has 1 aliphatic carbocycles. The summed E-state index contributed by atoms with van der Waals surface area (Å²) in [6.07, 6.45) is 2.01. The minimum absolute atomic E-state index is 0.0405. The van der Waals surface area contributed by atoms with Gasteiger partial charge in [0.1, 0.15) is 5.54 Å². The van der Waals surface area contributed by atoms with E-state index in [0.717, 1.165) is 42.6 Å². The number of rotatable bonds is 8. The molecule has 4 rings (SSSR count). The number of carboxylic acid groups (broad SMARTS) is 1. The smallest absolute Gasteiger partial charge is 0.325 e. The molecule has 2 aromatic carbocycles. The number of nitrogens with one attached hydrogen (secondary N) is 2. The first-order valence-corrected chi connectivity index (χ1v) is 11.1. The third kappa shape index (κ3) is 4.04. The molecule has 0 bridgehead atoms. The topological polar surface area (TPSA) is 95.5 Å². The second-order valence-corrected chi connectivity index (χ2v) is 8.78. The highest BCUT2D eigenvalue weighted by Crippen LogP contribution is 2.51. The van der Waals surface area contributed by atoms with Gasteiger partial charge in [-0.2, -0.15) is 0 Å². The Balaban J connectivity index is 1.76. The Morgan fingerprint density at radius 1 is 1.12 bits per heavy atom. The van der Waals surface area contributed by atoms with Crippen molar-refractivity contribution in [2.24, 2.45) is 5.92 Å². The Bertz CT molecular complexity index is 1110. The molecule has 0 saturated heterocycles. The van der Waals surface area contributed by atoms with Crippen LogP contribution in [0.15, 0.2) is 42.5 Å². The summed E-state index contributed by atoms with van der Waals surface area (Å²) >= 11 is 0. The van der Waals surface area contributed by atoms with Gasteiger partial charge in [-0.15, -0.1) is 0 Å². The van der Waals surface area contributed by atoms with E-state index in [-0.39, 0.29) is 24.1 Å². The summed E-state index contributed by atoms with van der Waals surface area (Å²) in [5.41, 5.74) is -0.421. The Kier molecular flexibility index (Phi) is 6.30. The van der Waals surface area contributed by atoms with E-state index in [4.69, 9.17) is 0 Å². The highest BCUT2D eigenvalue weighted by Gasteiger charge is 2.55. The van der Waals surface area contributed by atoms with E-state index < -0.39 is 47.0 Å². The summed E-state index contributed by atoms with van der Waals surface area (Å²) in [5, 5.41) is 17.0. The van der Waals surface area contributed by atoms with Gasteiger partial charge in [-0.25, -0.2) is 8.78 Å². The van der Waals surface area contributed by atoms with E-state index in [0.29, 0.717) is 6.07 Å². The zero-order valence-electron chi connectivity index (χ0n) is 18.2. The van der Waals surface area contributed by atoms with Gasteiger partial charge in [0.25, 0.3) is 0 Å². The number of hydrogen-bond donors (Lipinski definition) is 3. The van der Waals surface area contributed by atoms with Crippen LogP contribution in [0.25, 0.3) is 0 Å². The second kappa shape index (κ2) is 9.02. The molecule has 0 radical (unpaired) electrons. The maximum absolute atomic E-state index is 13.6. The van der Waals surface area contributed by atoms with Gasteiger partial charge < -0.3 is 15.7 Å². The standard InChI is InChI=1S/C25H26F2N2O4/c1-2-28-25(24(32)33,13-21(30)23(31)14-10-11-17(26)18(27)12-14)22-15-6-3-4-8-19(15)29-20-9-5-7-16(20)22/h3-4,6,8,10-12,16,20,22,28-29H,2,5,7,9,13H2,1H3,(H,32,33)/t16-,20+,22?,25?/m0/s1. The van der Waals surface area contributed by atoms with Gasteiger partial charge in [0, 0.05) is 29.6 Å². The van der Waals surface area contributed by atoms with E-state index >= 15 is 0 Å². The predicted octanol–water partition coefficient (Wildman–Crippen LogP) is 3.92.